The fraction of sp³-hybridized carbons (Fsp3) is 0.500. The minimum atomic E-state index is -1.05. The predicted octanol–water partition coefficient (Wildman–Crippen LogP) is 3.78. The minimum Gasteiger partial charge on any atom is -0.478 e. The number of hydrogen-bond donors (Lipinski definition) is 3. The molecule has 0 saturated carbocycles. The highest BCUT2D eigenvalue weighted by molar-refractivity contribution is 6.00. The van der Waals surface area contributed by atoms with E-state index in [0.29, 0.717) is 5.69 Å². The van der Waals surface area contributed by atoms with Crippen LogP contribution < -0.4 is 10.6 Å². The molecule has 0 radical (unpaired) electrons. The number of nitrogens with one attached hydrogen (secondary N) is 2. The van der Waals surface area contributed by atoms with E-state index in [4.69, 9.17) is 5.11 Å². The first-order valence-electron chi connectivity index (χ1n) is 7.35. The lowest BCUT2D eigenvalue weighted by Gasteiger charge is -2.15. The lowest BCUT2D eigenvalue weighted by molar-refractivity contribution is 0.0698. The fourth-order valence-corrected chi connectivity index (χ4v) is 2.10. The van der Waals surface area contributed by atoms with Crippen LogP contribution in [-0.2, 0) is 0 Å². The maximum absolute atomic E-state index is 11.9. The van der Waals surface area contributed by atoms with Crippen molar-refractivity contribution < 1.29 is 14.7 Å². The Labute approximate surface area is 125 Å². The van der Waals surface area contributed by atoms with Crippen LogP contribution in [0.25, 0.3) is 0 Å². The molecule has 5 nitrogen and oxygen atoms in total. The highest BCUT2D eigenvalue weighted by Crippen LogP contribution is 2.17. The molecule has 1 unspecified atom stereocenters. The number of carboxylic acids is 1. The minimum absolute atomic E-state index is 0.0651. The van der Waals surface area contributed by atoms with E-state index in [-0.39, 0.29) is 17.6 Å². The van der Waals surface area contributed by atoms with Gasteiger partial charge in [0.05, 0.1) is 11.3 Å². The number of urea groups is 1. The molecular weight excluding hydrogens is 268 g/mol. The third-order valence-corrected chi connectivity index (χ3v) is 3.27. The number of hydrogen-bond acceptors (Lipinski definition) is 2. The van der Waals surface area contributed by atoms with Crippen molar-refractivity contribution >= 4 is 17.7 Å². The molecule has 5 heteroatoms. The van der Waals surface area contributed by atoms with Gasteiger partial charge >= 0.3 is 12.0 Å². The molecule has 2 amide bonds. The summed E-state index contributed by atoms with van der Waals surface area (Å²) in [5.41, 5.74) is 1.25. The quantitative estimate of drug-likeness (QED) is 0.669. The molecule has 0 aliphatic rings. The van der Waals surface area contributed by atoms with Crippen molar-refractivity contribution in [1.82, 2.24) is 5.32 Å². The van der Waals surface area contributed by atoms with Gasteiger partial charge in [0, 0.05) is 6.04 Å². The van der Waals surface area contributed by atoms with E-state index in [2.05, 4.69) is 17.6 Å². The molecule has 0 aromatic heterocycles. The SMILES string of the molecule is CCCCCC(C)NC(=O)Nc1ccc(C)cc1C(=O)O. The van der Waals surface area contributed by atoms with Crippen LogP contribution in [0.15, 0.2) is 18.2 Å². The molecule has 116 valence electrons. The molecule has 3 N–H and O–H groups in total. The molecule has 0 heterocycles. The van der Waals surface area contributed by atoms with Crippen molar-refractivity contribution in [3.63, 3.8) is 0 Å². The average Bonchev–Trinajstić information content (AvgIpc) is 2.40. The number of aromatic carboxylic acids is 1. The second-order valence-electron chi connectivity index (χ2n) is 5.35. The number of benzene rings is 1. The van der Waals surface area contributed by atoms with E-state index in [9.17, 15) is 9.59 Å². The zero-order valence-corrected chi connectivity index (χ0v) is 12.9. The van der Waals surface area contributed by atoms with Crippen LogP contribution in [0.3, 0.4) is 0 Å². The summed E-state index contributed by atoms with van der Waals surface area (Å²) in [6, 6.07) is 4.62. The van der Waals surface area contributed by atoms with Crippen LogP contribution >= 0.6 is 0 Å². The summed E-state index contributed by atoms with van der Waals surface area (Å²) in [5, 5.41) is 14.6. The molecule has 1 rings (SSSR count). The van der Waals surface area contributed by atoms with Crippen molar-refractivity contribution in [2.75, 3.05) is 5.32 Å². The van der Waals surface area contributed by atoms with Gasteiger partial charge in [0.2, 0.25) is 0 Å². The summed E-state index contributed by atoms with van der Waals surface area (Å²) in [6.45, 7) is 5.89. The van der Waals surface area contributed by atoms with Crippen molar-refractivity contribution in [3.05, 3.63) is 29.3 Å². The largest absolute Gasteiger partial charge is 0.478 e. The molecule has 1 aromatic rings. The topological polar surface area (TPSA) is 78.4 Å². The van der Waals surface area contributed by atoms with Crippen molar-refractivity contribution in [3.8, 4) is 0 Å². The van der Waals surface area contributed by atoms with Gasteiger partial charge in [-0.15, -0.1) is 0 Å². The molecule has 0 aliphatic carbocycles. The van der Waals surface area contributed by atoms with E-state index in [0.717, 1.165) is 31.2 Å². The van der Waals surface area contributed by atoms with E-state index < -0.39 is 5.97 Å². The fourth-order valence-electron chi connectivity index (χ4n) is 2.10. The molecule has 0 saturated heterocycles. The first-order chi connectivity index (χ1) is 9.93. The zero-order chi connectivity index (χ0) is 15.8. The molecule has 0 fully saturated rings. The summed E-state index contributed by atoms with van der Waals surface area (Å²) in [5.74, 6) is -1.05. The molecule has 1 aromatic carbocycles. The Balaban J connectivity index is 2.60. The van der Waals surface area contributed by atoms with Crippen molar-refractivity contribution in [2.45, 2.75) is 52.5 Å². The first kappa shape index (κ1) is 17.0. The van der Waals surface area contributed by atoms with Crippen molar-refractivity contribution in [2.24, 2.45) is 0 Å². The molecule has 1 atom stereocenters. The standard InChI is InChI=1S/C16H24N2O3/c1-4-5-6-7-12(3)17-16(21)18-14-9-8-11(2)10-13(14)15(19)20/h8-10,12H,4-7H2,1-3H3,(H,19,20)(H2,17,18,21). The maximum Gasteiger partial charge on any atom is 0.337 e. The van der Waals surface area contributed by atoms with Crippen LogP contribution in [0, 0.1) is 6.92 Å². The number of unbranched alkanes of at least 4 members (excludes halogenated alkanes) is 2. The molecular formula is C16H24N2O3. The van der Waals surface area contributed by atoms with E-state index >= 15 is 0 Å². The third-order valence-electron chi connectivity index (χ3n) is 3.27. The normalized spacial score (nSPS) is 11.8. The van der Waals surface area contributed by atoms with Crippen LogP contribution in [-0.4, -0.2) is 23.1 Å². The van der Waals surface area contributed by atoms with E-state index in [1.165, 1.54) is 0 Å². The van der Waals surface area contributed by atoms with Crippen LogP contribution in [0.2, 0.25) is 0 Å². The number of aryl methyl sites for hydroxylation is 1. The number of amides is 2. The molecule has 21 heavy (non-hydrogen) atoms. The third kappa shape index (κ3) is 5.85. The Morgan fingerprint density at radius 2 is 2.00 bits per heavy atom. The van der Waals surface area contributed by atoms with Crippen molar-refractivity contribution in [1.29, 1.82) is 0 Å². The first-order valence-corrected chi connectivity index (χ1v) is 7.35. The maximum atomic E-state index is 11.9. The summed E-state index contributed by atoms with van der Waals surface area (Å²) in [6.07, 6.45) is 4.28. The summed E-state index contributed by atoms with van der Waals surface area (Å²) in [4.78, 5) is 23.1. The number of carbonyl (C=O) groups excluding carboxylic acids is 1. The summed E-state index contributed by atoms with van der Waals surface area (Å²) in [7, 11) is 0. The van der Waals surface area contributed by atoms with Gasteiger partial charge in [-0.2, -0.15) is 0 Å². The Morgan fingerprint density at radius 3 is 2.62 bits per heavy atom. The van der Waals surface area contributed by atoms with Gasteiger partial charge in [0.15, 0.2) is 0 Å². The number of carboxylic acid groups (broad SMARTS) is 1. The van der Waals surface area contributed by atoms with Gasteiger partial charge < -0.3 is 15.7 Å². The highest BCUT2D eigenvalue weighted by atomic mass is 16.4. The number of carbonyl (C=O) groups is 2. The monoisotopic (exact) mass is 292 g/mol. The summed E-state index contributed by atoms with van der Waals surface area (Å²) >= 11 is 0. The summed E-state index contributed by atoms with van der Waals surface area (Å²) < 4.78 is 0. The Morgan fingerprint density at radius 1 is 1.29 bits per heavy atom. The lowest BCUT2D eigenvalue weighted by atomic mass is 10.1. The van der Waals surface area contributed by atoms with Crippen LogP contribution in [0.4, 0.5) is 10.5 Å². The Kier molecular flexibility index (Phi) is 6.72. The highest BCUT2D eigenvalue weighted by Gasteiger charge is 2.13. The number of rotatable bonds is 7. The van der Waals surface area contributed by atoms with Gasteiger partial charge in [-0.25, -0.2) is 9.59 Å². The second-order valence-corrected chi connectivity index (χ2v) is 5.35. The van der Waals surface area contributed by atoms with Gasteiger partial charge in [-0.3, -0.25) is 0 Å². The predicted molar refractivity (Wildman–Crippen MR) is 83.9 cm³/mol. The second kappa shape index (κ2) is 8.29. The van der Waals surface area contributed by atoms with Crippen LogP contribution in [0.5, 0.6) is 0 Å². The van der Waals surface area contributed by atoms with Gasteiger partial charge in [0.1, 0.15) is 0 Å². The van der Waals surface area contributed by atoms with E-state index in [1.54, 1.807) is 18.2 Å². The number of anilines is 1. The van der Waals surface area contributed by atoms with Gasteiger partial charge in [0.25, 0.3) is 0 Å². The molecule has 0 bridgehead atoms. The molecule has 0 spiro atoms. The Hall–Kier alpha value is -2.04. The Bertz CT molecular complexity index is 500. The van der Waals surface area contributed by atoms with E-state index in [1.807, 2.05) is 13.8 Å². The lowest BCUT2D eigenvalue weighted by Crippen LogP contribution is -2.36. The average molecular weight is 292 g/mol. The molecule has 0 aliphatic heterocycles. The van der Waals surface area contributed by atoms with Gasteiger partial charge in [-0.05, 0) is 32.4 Å². The smallest absolute Gasteiger partial charge is 0.337 e. The van der Waals surface area contributed by atoms with Gasteiger partial charge in [-0.1, -0.05) is 37.8 Å². The zero-order valence-electron chi connectivity index (χ0n) is 12.9. The van der Waals surface area contributed by atoms with Crippen LogP contribution in [0.1, 0.15) is 55.5 Å².